The highest BCUT2D eigenvalue weighted by Crippen LogP contribution is 2.24. The van der Waals surface area contributed by atoms with Gasteiger partial charge in [-0.2, -0.15) is 0 Å². The third-order valence-corrected chi connectivity index (χ3v) is 2.76. The average molecular weight is 285 g/mol. The van der Waals surface area contributed by atoms with E-state index < -0.39 is 0 Å². The molecule has 0 atom stereocenters. The van der Waals surface area contributed by atoms with E-state index in [0.29, 0.717) is 21.8 Å². The molecular formula is C10H10BrFN4. The van der Waals surface area contributed by atoms with Crippen LogP contribution in [0.5, 0.6) is 0 Å². The third-order valence-electron chi connectivity index (χ3n) is 2.27. The number of halogens is 2. The SMILES string of the molecule is CNc1nnc(-c2ccc(Br)cc2F)n1C. The first-order chi connectivity index (χ1) is 7.63. The predicted molar refractivity (Wildman–Crippen MR) is 63.6 cm³/mol. The molecule has 1 aromatic carbocycles. The second kappa shape index (κ2) is 4.21. The molecule has 2 rings (SSSR count). The molecule has 84 valence electrons. The number of aromatic nitrogens is 3. The normalized spacial score (nSPS) is 10.5. The number of anilines is 1. The van der Waals surface area contributed by atoms with Crippen molar-refractivity contribution in [3.8, 4) is 11.4 Å². The summed E-state index contributed by atoms with van der Waals surface area (Å²) in [5.74, 6) is 0.763. The van der Waals surface area contributed by atoms with Gasteiger partial charge in [0.2, 0.25) is 5.95 Å². The predicted octanol–water partition coefficient (Wildman–Crippen LogP) is 2.43. The van der Waals surface area contributed by atoms with E-state index in [1.807, 2.05) is 0 Å². The lowest BCUT2D eigenvalue weighted by Crippen LogP contribution is -2.00. The molecule has 0 spiro atoms. The van der Waals surface area contributed by atoms with Gasteiger partial charge in [0, 0.05) is 18.6 Å². The van der Waals surface area contributed by atoms with Gasteiger partial charge < -0.3 is 5.32 Å². The molecule has 0 unspecified atom stereocenters. The lowest BCUT2D eigenvalue weighted by Gasteiger charge is -2.04. The van der Waals surface area contributed by atoms with Crippen molar-refractivity contribution < 1.29 is 4.39 Å². The molecule has 2 aromatic rings. The highest BCUT2D eigenvalue weighted by atomic mass is 79.9. The van der Waals surface area contributed by atoms with Gasteiger partial charge in [0.15, 0.2) is 5.82 Å². The van der Waals surface area contributed by atoms with Gasteiger partial charge in [-0.15, -0.1) is 10.2 Å². The van der Waals surface area contributed by atoms with Crippen molar-refractivity contribution in [1.82, 2.24) is 14.8 Å². The topological polar surface area (TPSA) is 42.7 Å². The van der Waals surface area contributed by atoms with Crippen molar-refractivity contribution in [2.45, 2.75) is 0 Å². The highest BCUT2D eigenvalue weighted by molar-refractivity contribution is 9.10. The van der Waals surface area contributed by atoms with Gasteiger partial charge in [-0.05, 0) is 18.2 Å². The third kappa shape index (κ3) is 1.80. The molecule has 0 saturated heterocycles. The molecule has 0 bridgehead atoms. The molecule has 4 nitrogen and oxygen atoms in total. The van der Waals surface area contributed by atoms with Crippen LogP contribution in [0, 0.1) is 5.82 Å². The van der Waals surface area contributed by atoms with Crippen molar-refractivity contribution in [3.05, 3.63) is 28.5 Å². The molecule has 0 aliphatic rings. The molecule has 16 heavy (non-hydrogen) atoms. The summed E-state index contributed by atoms with van der Waals surface area (Å²) in [6, 6.07) is 4.85. The second-order valence-electron chi connectivity index (χ2n) is 3.28. The standard InChI is InChI=1S/C10H10BrFN4/c1-13-10-15-14-9(16(10)2)7-4-3-6(11)5-8(7)12/h3-5H,1-2H3,(H,13,15). The number of benzene rings is 1. The summed E-state index contributed by atoms with van der Waals surface area (Å²) in [6.45, 7) is 0. The van der Waals surface area contributed by atoms with Crippen molar-refractivity contribution in [3.63, 3.8) is 0 Å². The summed E-state index contributed by atoms with van der Waals surface area (Å²) in [4.78, 5) is 0. The minimum atomic E-state index is -0.326. The van der Waals surface area contributed by atoms with E-state index >= 15 is 0 Å². The van der Waals surface area contributed by atoms with E-state index in [1.165, 1.54) is 6.07 Å². The molecule has 1 heterocycles. The Morgan fingerprint density at radius 3 is 2.69 bits per heavy atom. The van der Waals surface area contributed by atoms with Gasteiger partial charge in [-0.1, -0.05) is 15.9 Å². The molecule has 1 N–H and O–H groups in total. The first-order valence-electron chi connectivity index (χ1n) is 4.66. The van der Waals surface area contributed by atoms with Gasteiger partial charge in [0.05, 0.1) is 5.56 Å². The zero-order valence-electron chi connectivity index (χ0n) is 8.83. The van der Waals surface area contributed by atoms with Crippen LogP contribution < -0.4 is 5.32 Å². The number of hydrogen-bond donors (Lipinski definition) is 1. The van der Waals surface area contributed by atoms with Crippen LogP contribution in [0.3, 0.4) is 0 Å². The van der Waals surface area contributed by atoms with E-state index in [9.17, 15) is 4.39 Å². The zero-order valence-corrected chi connectivity index (χ0v) is 10.4. The lowest BCUT2D eigenvalue weighted by molar-refractivity contribution is 0.628. The summed E-state index contributed by atoms with van der Waals surface area (Å²) in [6.07, 6.45) is 0. The molecule has 0 fully saturated rings. The van der Waals surface area contributed by atoms with Gasteiger partial charge in [0.1, 0.15) is 5.82 Å². The Hall–Kier alpha value is -1.43. The summed E-state index contributed by atoms with van der Waals surface area (Å²) in [7, 11) is 3.52. The molecule has 6 heteroatoms. The largest absolute Gasteiger partial charge is 0.357 e. The fraction of sp³-hybridized carbons (Fsp3) is 0.200. The maximum atomic E-state index is 13.7. The molecule has 0 radical (unpaired) electrons. The number of nitrogens with one attached hydrogen (secondary N) is 1. The quantitative estimate of drug-likeness (QED) is 0.921. The minimum absolute atomic E-state index is 0.326. The van der Waals surface area contributed by atoms with E-state index in [2.05, 4.69) is 31.4 Å². The van der Waals surface area contributed by atoms with Crippen LogP contribution in [-0.4, -0.2) is 21.8 Å². The Morgan fingerprint density at radius 1 is 1.38 bits per heavy atom. The van der Waals surface area contributed by atoms with Crippen LogP contribution >= 0.6 is 15.9 Å². The maximum Gasteiger partial charge on any atom is 0.224 e. The zero-order chi connectivity index (χ0) is 11.7. The number of rotatable bonds is 2. The van der Waals surface area contributed by atoms with Crippen LogP contribution in [0.1, 0.15) is 0 Å². The van der Waals surface area contributed by atoms with Gasteiger partial charge in [-0.3, -0.25) is 4.57 Å². The monoisotopic (exact) mass is 284 g/mol. The Labute approximate surface area is 101 Å². The maximum absolute atomic E-state index is 13.7. The number of hydrogen-bond acceptors (Lipinski definition) is 3. The van der Waals surface area contributed by atoms with E-state index in [1.54, 1.807) is 30.8 Å². The Morgan fingerprint density at radius 2 is 2.12 bits per heavy atom. The Bertz CT molecular complexity index is 524. The van der Waals surface area contributed by atoms with Gasteiger partial charge >= 0.3 is 0 Å². The molecule has 1 aromatic heterocycles. The molecule has 0 aliphatic carbocycles. The summed E-state index contributed by atoms with van der Waals surface area (Å²) < 4.78 is 16.1. The highest BCUT2D eigenvalue weighted by Gasteiger charge is 2.13. The average Bonchev–Trinajstić information content (AvgIpc) is 2.60. The van der Waals surface area contributed by atoms with Crippen molar-refractivity contribution >= 4 is 21.9 Å². The van der Waals surface area contributed by atoms with Crippen LogP contribution in [0.4, 0.5) is 10.3 Å². The lowest BCUT2D eigenvalue weighted by atomic mass is 10.2. The van der Waals surface area contributed by atoms with Crippen LogP contribution in [0.15, 0.2) is 22.7 Å². The Kier molecular flexibility index (Phi) is 2.91. The minimum Gasteiger partial charge on any atom is -0.357 e. The van der Waals surface area contributed by atoms with E-state index in [-0.39, 0.29) is 5.82 Å². The van der Waals surface area contributed by atoms with Crippen LogP contribution in [0.2, 0.25) is 0 Å². The first-order valence-corrected chi connectivity index (χ1v) is 5.45. The molecule has 0 aliphatic heterocycles. The summed E-state index contributed by atoms with van der Waals surface area (Å²) in [5.41, 5.74) is 0.430. The van der Waals surface area contributed by atoms with E-state index in [4.69, 9.17) is 0 Å². The first kappa shape index (κ1) is 11.1. The molecule has 0 amide bonds. The fourth-order valence-electron chi connectivity index (χ4n) is 1.45. The fourth-order valence-corrected chi connectivity index (χ4v) is 1.79. The second-order valence-corrected chi connectivity index (χ2v) is 4.20. The van der Waals surface area contributed by atoms with Crippen LogP contribution in [-0.2, 0) is 7.05 Å². The number of nitrogens with zero attached hydrogens (tertiary/aromatic N) is 3. The van der Waals surface area contributed by atoms with Gasteiger partial charge in [0.25, 0.3) is 0 Å². The molecular weight excluding hydrogens is 275 g/mol. The Balaban J connectivity index is 2.54. The van der Waals surface area contributed by atoms with Crippen molar-refractivity contribution in [1.29, 1.82) is 0 Å². The summed E-state index contributed by atoms with van der Waals surface area (Å²) in [5, 5.41) is 10.7. The smallest absolute Gasteiger partial charge is 0.224 e. The van der Waals surface area contributed by atoms with Gasteiger partial charge in [-0.25, -0.2) is 4.39 Å². The van der Waals surface area contributed by atoms with Crippen LogP contribution in [0.25, 0.3) is 11.4 Å². The van der Waals surface area contributed by atoms with Crippen molar-refractivity contribution in [2.24, 2.45) is 7.05 Å². The summed E-state index contributed by atoms with van der Waals surface area (Å²) >= 11 is 3.21. The molecule has 0 saturated carbocycles. The van der Waals surface area contributed by atoms with Crippen molar-refractivity contribution in [2.75, 3.05) is 12.4 Å². The van der Waals surface area contributed by atoms with E-state index in [0.717, 1.165) is 0 Å².